The fourth-order valence-corrected chi connectivity index (χ4v) is 10.9. The number of anilines is 2. The molecule has 0 fully saturated rings. The number of aliphatic imine (C=N–C) groups is 1. The van der Waals surface area contributed by atoms with Crippen LogP contribution >= 0.6 is 0 Å². The van der Waals surface area contributed by atoms with E-state index in [1.807, 2.05) is 0 Å². The van der Waals surface area contributed by atoms with Crippen LogP contribution in [0.5, 0.6) is 0 Å². The molecule has 0 amide bonds. The van der Waals surface area contributed by atoms with Crippen molar-refractivity contribution in [1.82, 2.24) is 14.5 Å². The van der Waals surface area contributed by atoms with Crippen molar-refractivity contribution in [3.63, 3.8) is 0 Å². The quantitative estimate of drug-likeness (QED) is 0.173. The predicted octanol–water partition coefficient (Wildman–Crippen LogP) is 15.9. The van der Waals surface area contributed by atoms with Gasteiger partial charge in [-0.3, -0.25) is 4.90 Å². The van der Waals surface area contributed by atoms with Crippen molar-refractivity contribution >= 4 is 72.2 Å². The van der Waals surface area contributed by atoms with E-state index in [-0.39, 0.29) is 6.04 Å². The number of hydrogen-bond donors (Lipinski definition) is 1. The maximum atomic E-state index is 5.59. The molecule has 1 N–H and O–H groups in total. The largest absolute Gasteiger partial charge is 0.369 e. The van der Waals surface area contributed by atoms with Gasteiger partial charge < -0.3 is 14.5 Å². The molecule has 0 aliphatic carbocycles. The van der Waals surface area contributed by atoms with Gasteiger partial charge in [0.15, 0.2) is 0 Å². The Morgan fingerprint density at radius 3 is 1.30 bits per heavy atom. The number of para-hydroxylation sites is 4. The molecule has 0 spiro atoms. The standard InChI is InChI=1S/C64H43N5/c1-6-18-42(19-7-1)61-62(43-20-8-2-9-21-43)66-64-63(65-61)55-41-47(33-37-60(55)69(64)50-26-14-5-15-27-50)46-32-36-59-54(40-46)53-39-45(31-35-58(53)68(59)49-24-12-4-13-25-49)44-30-34-57-52(38-44)51-28-16-17-29-56(51)67(57)48-22-10-3-11-23-48/h1-41,63,65H. The van der Waals surface area contributed by atoms with E-state index in [1.54, 1.807) is 0 Å². The minimum Gasteiger partial charge on any atom is -0.369 e. The molecule has 12 aromatic rings. The highest BCUT2D eigenvalue weighted by atomic mass is 15.3. The third kappa shape index (κ3) is 6.28. The summed E-state index contributed by atoms with van der Waals surface area (Å²) in [6.45, 7) is 0. The Labute approximate surface area is 399 Å². The highest BCUT2D eigenvalue weighted by molar-refractivity contribution is 6.19. The fraction of sp³-hybridized carbons (Fsp3) is 0.0156. The topological polar surface area (TPSA) is 37.5 Å². The van der Waals surface area contributed by atoms with Crippen LogP contribution in [-0.4, -0.2) is 15.0 Å². The lowest BCUT2D eigenvalue weighted by Crippen LogP contribution is -2.35. The van der Waals surface area contributed by atoms with Gasteiger partial charge in [0.05, 0.1) is 39.1 Å². The number of fused-ring (bicyclic) bond motifs is 9. The maximum absolute atomic E-state index is 5.59. The van der Waals surface area contributed by atoms with E-state index >= 15 is 0 Å². The van der Waals surface area contributed by atoms with Gasteiger partial charge in [-0.1, -0.05) is 158 Å². The van der Waals surface area contributed by atoms with Crippen molar-refractivity contribution in [1.29, 1.82) is 0 Å². The highest BCUT2D eigenvalue weighted by Crippen LogP contribution is 2.48. The Morgan fingerprint density at radius 1 is 0.333 bits per heavy atom. The number of aromatic nitrogens is 2. The molecule has 1 unspecified atom stereocenters. The summed E-state index contributed by atoms with van der Waals surface area (Å²) < 4.78 is 4.79. The summed E-state index contributed by atoms with van der Waals surface area (Å²) >= 11 is 0. The molecule has 0 radical (unpaired) electrons. The predicted molar refractivity (Wildman–Crippen MR) is 288 cm³/mol. The lowest BCUT2D eigenvalue weighted by atomic mass is 9.96. The first kappa shape index (κ1) is 39.0. The number of rotatable bonds is 7. The van der Waals surface area contributed by atoms with Crippen molar-refractivity contribution in [2.45, 2.75) is 6.04 Å². The van der Waals surface area contributed by atoms with Crippen LogP contribution < -0.4 is 10.2 Å². The molecule has 2 aliphatic rings. The fourth-order valence-electron chi connectivity index (χ4n) is 10.9. The van der Waals surface area contributed by atoms with Gasteiger partial charge in [-0.05, 0) is 119 Å². The summed E-state index contributed by atoms with van der Waals surface area (Å²) in [7, 11) is 0. The first-order valence-corrected chi connectivity index (χ1v) is 23.7. The maximum Gasteiger partial charge on any atom is 0.141 e. The van der Waals surface area contributed by atoms with Gasteiger partial charge in [-0.15, -0.1) is 0 Å². The van der Waals surface area contributed by atoms with E-state index < -0.39 is 0 Å². The van der Waals surface area contributed by atoms with Crippen LogP contribution in [0, 0.1) is 0 Å². The summed E-state index contributed by atoms with van der Waals surface area (Å²) in [6.07, 6.45) is 0. The Hall–Kier alpha value is -9.19. The Balaban J connectivity index is 0.924. The van der Waals surface area contributed by atoms with E-state index in [1.165, 1.54) is 60.3 Å². The molecule has 324 valence electrons. The highest BCUT2D eigenvalue weighted by Gasteiger charge is 2.40. The lowest BCUT2D eigenvalue weighted by molar-refractivity contribution is 0.815. The molecule has 0 saturated heterocycles. The summed E-state index contributed by atoms with van der Waals surface area (Å²) in [5.41, 5.74) is 19.3. The number of benzene rings is 10. The van der Waals surface area contributed by atoms with Gasteiger partial charge in [-0.25, -0.2) is 4.99 Å². The van der Waals surface area contributed by atoms with E-state index in [4.69, 9.17) is 4.99 Å². The minimum absolute atomic E-state index is 0.173. The normalized spacial score (nSPS) is 14.3. The van der Waals surface area contributed by atoms with Crippen LogP contribution in [0.2, 0.25) is 0 Å². The third-order valence-corrected chi connectivity index (χ3v) is 14.1. The van der Waals surface area contributed by atoms with Crippen LogP contribution in [0.1, 0.15) is 22.7 Å². The second-order valence-corrected chi connectivity index (χ2v) is 18.0. The molecule has 14 rings (SSSR count). The smallest absolute Gasteiger partial charge is 0.141 e. The lowest BCUT2D eigenvalue weighted by Gasteiger charge is -2.29. The average Bonchev–Trinajstić information content (AvgIpc) is 4.06. The molecule has 2 aliphatic heterocycles. The molecule has 5 nitrogen and oxygen atoms in total. The van der Waals surface area contributed by atoms with Crippen LogP contribution in [0.4, 0.5) is 11.4 Å². The van der Waals surface area contributed by atoms with Crippen molar-refractivity contribution in [2.24, 2.45) is 4.99 Å². The van der Waals surface area contributed by atoms with Gasteiger partial charge in [0.25, 0.3) is 0 Å². The van der Waals surface area contributed by atoms with Gasteiger partial charge in [0.1, 0.15) is 11.9 Å². The molecule has 5 heteroatoms. The first-order chi connectivity index (χ1) is 34.2. The molecule has 1 atom stereocenters. The van der Waals surface area contributed by atoms with Crippen LogP contribution in [0.15, 0.2) is 254 Å². The Kier molecular flexibility index (Phi) is 8.89. The van der Waals surface area contributed by atoms with Crippen molar-refractivity contribution in [2.75, 3.05) is 4.90 Å². The van der Waals surface area contributed by atoms with Gasteiger partial charge in [-0.2, -0.15) is 0 Å². The summed E-state index contributed by atoms with van der Waals surface area (Å²) in [5.74, 6) is 0.962. The summed E-state index contributed by atoms with van der Waals surface area (Å²) in [5, 5.41) is 8.96. The zero-order chi connectivity index (χ0) is 45.4. The van der Waals surface area contributed by atoms with E-state index in [0.717, 1.165) is 62.2 Å². The van der Waals surface area contributed by atoms with Crippen LogP contribution in [-0.2, 0) is 0 Å². The van der Waals surface area contributed by atoms with Crippen LogP contribution in [0.25, 0.3) is 88.6 Å². The third-order valence-electron chi connectivity index (χ3n) is 14.1. The number of hydrogen-bond acceptors (Lipinski definition) is 3. The van der Waals surface area contributed by atoms with Crippen LogP contribution in [0.3, 0.4) is 0 Å². The average molecular weight is 882 g/mol. The van der Waals surface area contributed by atoms with E-state index in [9.17, 15) is 0 Å². The number of amidine groups is 1. The van der Waals surface area contributed by atoms with E-state index in [0.29, 0.717) is 0 Å². The van der Waals surface area contributed by atoms with Crippen molar-refractivity contribution in [3.05, 3.63) is 265 Å². The second kappa shape index (κ2) is 15.7. The molecule has 0 bridgehead atoms. The SMILES string of the molecule is c1ccc(C2=C(c3ccccc3)NC3C(=N2)N(c2ccccc2)c2ccc(-c4ccc5c(c4)c4cc(-c6ccc7c(c6)c6ccccc6n7-c6ccccc6)ccc4n5-c4ccccc4)cc23)cc1. The minimum atomic E-state index is -0.173. The van der Waals surface area contributed by atoms with Gasteiger partial charge in [0.2, 0.25) is 0 Å². The zero-order valence-electron chi connectivity index (χ0n) is 37.5. The van der Waals surface area contributed by atoms with Gasteiger partial charge in [0, 0.05) is 49.7 Å². The van der Waals surface area contributed by atoms with E-state index in [2.05, 4.69) is 268 Å². The number of nitrogens with zero attached hydrogens (tertiary/aromatic N) is 4. The molecule has 0 saturated carbocycles. The van der Waals surface area contributed by atoms with Crippen molar-refractivity contribution in [3.8, 4) is 33.6 Å². The van der Waals surface area contributed by atoms with Crippen molar-refractivity contribution < 1.29 is 0 Å². The molecule has 69 heavy (non-hydrogen) atoms. The van der Waals surface area contributed by atoms with Gasteiger partial charge >= 0.3 is 0 Å². The molecule has 2 aromatic heterocycles. The molecule has 10 aromatic carbocycles. The summed E-state index contributed by atoms with van der Waals surface area (Å²) in [6, 6.07) is 89.6. The molecule has 4 heterocycles. The Morgan fingerprint density at radius 2 is 0.754 bits per heavy atom. The monoisotopic (exact) mass is 881 g/mol. The first-order valence-electron chi connectivity index (χ1n) is 23.7. The molecular weight excluding hydrogens is 839 g/mol. The number of nitrogens with one attached hydrogen (secondary N) is 1. The second-order valence-electron chi connectivity index (χ2n) is 18.0. The Bertz CT molecular complexity index is 4020. The summed E-state index contributed by atoms with van der Waals surface area (Å²) in [4.78, 5) is 7.92. The zero-order valence-corrected chi connectivity index (χ0v) is 37.5. The molecular formula is C64H43N5.